The fraction of sp³-hybridized carbons (Fsp3) is 0.160. The van der Waals surface area contributed by atoms with E-state index in [1.807, 2.05) is 61.5 Å². The summed E-state index contributed by atoms with van der Waals surface area (Å²) in [5, 5.41) is 2.62. The third kappa shape index (κ3) is 6.27. The highest BCUT2D eigenvalue weighted by atomic mass is 16.5. The molecule has 31 heavy (non-hydrogen) atoms. The molecule has 0 radical (unpaired) electrons. The average molecular weight is 416 g/mol. The van der Waals surface area contributed by atoms with Gasteiger partial charge in [0.25, 0.3) is 5.91 Å². The Morgan fingerprint density at radius 2 is 1.65 bits per heavy atom. The van der Waals surface area contributed by atoms with Crippen LogP contribution < -0.4 is 10.2 Å². The topological polar surface area (TPSA) is 75.7 Å². The van der Waals surface area contributed by atoms with Crippen LogP contribution in [0.5, 0.6) is 0 Å². The SMILES string of the molecule is CC(=O)Nc1cccc(C(=O)OCC(=O)N(Cc2ccccc2)c2cccc(C)c2)c1. The summed E-state index contributed by atoms with van der Waals surface area (Å²) in [6.07, 6.45) is 0. The van der Waals surface area contributed by atoms with Gasteiger partial charge in [0.15, 0.2) is 6.61 Å². The van der Waals surface area contributed by atoms with E-state index in [0.717, 1.165) is 16.8 Å². The Morgan fingerprint density at radius 1 is 0.903 bits per heavy atom. The maximum Gasteiger partial charge on any atom is 0.338 e. The minimum absolute atomic E-state index is 0.240. The van der Waals surface area contributed by atoms with Gasteiger partial charge in [-0.15, -0.1) is 0 Å². The number of amides is 2. The van der Waals surface area contributed by atoms with E-state index in [-0.39, 0.29) is 17.4 Å². The molecule has 6 nitrogen and oxygen atoms in total. The van der Waals surface area contributed by atoms with Crippen LogP contribution in [0.2, 0.25) is 0 Å². The first-order chi connectivity index (χ1) is 14.9. The van der Waals surface area contributed by atoms with E-state index >= 15 is 0 Å². The van der Waals surface area contributed by atoms with Crippen LogP contribution in [0.1, 0.15) is 28.4 Å². The number of hydrogen-bond acceptors (Lipinski definition) is 4. The van der Waals surface area contributed by atoms with Gasteiger partial charge in [0.2, 0.25) is 5.91 Å². The summed E-state index contributed by atoms with van der Waals surface area (Å²) in [6, 6.07) is 23.6. The van der Waals surface area contributed by atoms with Gasteiger partial charge in [0.05, 0.1) is 12.1 Å². The molecule has 0 atom stereocenters. The highest BCUT2D eigenvalue weighted by molar-refractivity contribution is 5.98. The zero-order valence-corrected chi connectivity index (χ0v) is 17.5. The fourth-order valence-electron chi connectivity index (χ4n) is 3.10. The van der Waals surface area contributed by atoms with Crippen LogP contribution in [-0.2, 0) is 20.9 Å². The second kappa shape index (κ2) is 10.2. The van der Waals surface area contributed by atoms with E-state index < -0.39 is 12.6 Å². The van der Waals surface area contributed by atoms with Gasteiger partial charge in [0, 0.05) is 18.3 Å². The van der Waals surface area contributed by atoms with Crippen LogP contribution in [0.3, 0.4) is 0 Å². The zero-order valence-electron chi connectivity index (χ0n) is 17.5. The molecular formula is C25H24N2O4. The molecule has 0 fully saturated rings. The largest absolute Gasteiger partial charge is 0.452 e. The maximum atomic E-state index is 13.0. The quantitative estimate of drug-likeness (QED) is 0.581. The van der Waals surface area contributed by atoms with Gasteiger partial charge < -0.3 is 15.0 Å². The smallest absolute Gasteiger partial charge is 0.338 e. The van der Waals surface area contributed by atoms with E-state index in [9.17, 15) is 14.4 Å². The molecule has 3 rings (SSSR count). The van der Waals surface area contributed by atoms with E-state index in [1.54, 1.807) is 23.1 Å². The molecule has 0 aliphatic rings. The number of nitrogens with one attached hydrogen (secondary N) is 1. The van der Waals surface area contributed by atoms with Gasteiger partial charge in [-0.1, -0.05) is 48.5 Å². The summed E-state index contributed by atoms with van der Waals surface area (Å²) >= 11 is 0. The standard InChI is InChI=1S/C25H24N2O4/c1-18-8-6-13-23(14-18)27(16-20-9-4-3-5-10-20)24(29)17-31-25(30)21-11-7-12-22(15-21)26-19(2)28/h3-15H,16-17H2,1-2H3,(H,26,28). The second-order valence-electron chi connectivity index (χ2n) is 7.14. The third-order valence-electron chi connectivity index (χ3n) is 4.54. The Balaban J connectivity index is 1.73. The van der Waals surface area contributed by atoms with Crippen molar-refractivity contribution in [2.75, 3.05) is 16.8 Å². The Bertz CT molecular complexity index is 1080. The van der Waals surface area contributed by atoms with Crippen molar-refractivity contribution >= 4 is 29.2 Å². The van der Waals surface area contributed by atoms with Gasteiger partial charge in [-0.25, -0.2) is 4.79 Å². The first-order valence-corrected chi connectivity index (χ1v) is 9.88. The van der Waals surface area contributed by atoms with Crippen molar-refractivity contribution in [2.24, 2.45) is 0 Å². The van der Waals surface area contributed by atoms with Crippen molar-refractivity contribution < 1.29 is 19.1 Å². The lowest BCUT2D eigenvalue weighted by Crippen LogP contribution is -2.34. The molecule has 1 N–H and O–H groups in total. The van der Waals surface area contributed by atoms with E-state index in [0.29, 0.717) is 12.2 Å². The lowest BCUT2D eigenvalue weighted by molar-refractivity contribution is -0.121. The Hall–Kier alpha value is -3.93. The molecular weight excluding hydrogens is 392 g/mol. The van der Waals surface area contributed by atoms with Crippen LogP contribution in [0.15, 0.2) is 78.9 Å². The molecule has 0 heterocycles. The van der Waals surface area contributed by atoms with E-state index in [2.05, 4.69) is 5.32 Å². The minimum atomic E-state index is -0.635. The molecule has 3 aromatic carbocycles. The molecule has 0 unspecified atom stereocenters. The predicted molar refractivity (Wildman–Crippen MR) is 120 cm³/mol. The number of benzene rings is 3. The number of aryl methyl sites for hydroxylation is 1. The van der Waals surface area contributed by atoms with Crippen molar-refractivity contribution in [2.45, 2.75) is 20.4 Å². The van der Waals surface area contributed by atoms with Crippen LogP contribution in [0.25, 0.3) is 0 Å². The Labute approximate surface area is 181 Å². The lowest BCUT2D eigenvalue weighted by atomic mass is 10.1. The number of carbonyl (C=O) groups excluding carboxylic acids is 3. The third-order valence-corrected chi connectivity index (χ3v) is 4.54. The summed E-state index contributed by atoms with van der Waals surface area (Å²) in [5.74, 6) is -1.21. The summed E-state index contributed by atoms with van der Waals surface area (Å²) in [4.78, 5) is 38.3. The first kappa shape index (κ1) is 21.8. The molecule has 3 aromatic rings. The zero-order chi connectivity index (χ0) is 22.2. The van der Waals surface area contributed by atoms with Gasteiger partial charge in [-0.05, 0) is 48.4 Å². The number of carbonyl (C=O) groups is 3. The molecule has 2 amide bonds. The van der Waals surface area contributed by atoms with E-state index in [4.69, 9.17) is 4.74 Å². The monoisotopic (exact) mass is 416 g/mol. The molecule has 158 valence electrons. The predicted octanol–water partition coefficient (Wildman–Crippen LogP) is 4.34. The highest BCUT2D eigenvalue weighted by Crippen LogP contribution is 2.20. The summed E-state index contributed by atoms with van der Waals surface area (Å²) in [7, 11) is 0. The number of anilines is 2. The molecule has 0 bridgehead atoms. The summed E-state index contributed by atoms with van der Waals surface area (Å²) in [6.45, 7) is 3.30. The summed E-state index contributed by atoms with van der Waals surface area (Å²) < 4.78 is 5.28. The van der Waals surface area contributed by atoms with Crippen LogP contribution in [0.4, 0.5) is 11.4 Å². The molecule has 0 spiro atoms. The Morgan fingerprint density at radius 3 is 2.35 bits per heavy atom. The molecule has 0 aliphatic carbocycles. The minimum Gasteiger partial charge on any atom is -0.452 e. The molecule has 0 saturated heterocycles. The van der Waals surface area contributed by atoms with Gasteiger partial charge in [-0.3, -0.25) is 9.59 Å². The van der Waals surface area contributed by atoms with Gasteiger partial charge in [-0.2, -0.15) is 0 Å². The first-order valence-electron chi connectivity index (χ1n) is 9.88. The second-order valence-corrected chi connectivity index (χ2v) is 7.14. The highest BCUT2D eigenvalue weighted by Gasteiger charge is 2.19. The number of esters is 1. The van der Waals surface area contributed by atoms with Gasteiger partial charge in [0.1, 0.15) is 0 Å². The number of nitrogens with zero attached hydrogens (tertiary/aromatic N) is 1. The van der Waals surface area contributed by atoms with Crippen molar-refractivity contribution in [3.05, 3.63) is 95.6 Å². The molecule has 0 aromatic heterocycles. The lowest BCUT2D eigenvalue weighted by Gasteiger charge is -2.23. The van der Waals surface area contributed by atoms with Crippen molar-refractivity contribution in [1.82, 2.24) is 0 Å². The molecule has 6 heteroatoms. The van der Waals surface area contributed by atoms with Gasteiger partial charge >= 0.3 is 5.97 Å². The van der Waals surface area contributed by atoms with Crippen LogP contribution in [-0.4, -0.2) is 24.4 Å². The molecule has 0 saturated carbocycles. The Kier molecular flexibility index (Phi) is 7.17. The fourth-order valence-corrected chi connectivity index (χ4v) is 3.10. The van der Waals surface area contributed by atoms with Crippen molar-refractivity contribution in [1.29, 1.82) is 0 Å². The molecule has 0 aliphatic heterocycles. The normalized spacial score (nSPS) is 10.3. The number of rotatable bonds is 7. The van der Waals surface area contributed by atoms with Crippen LogP contribution >= 0.6 is 0 Å². The van der Waals surface area contributed by atoms with Crippen molar-refractivity contribution in [3.63, 3.8) is 0 Å². The number of ether oxygens (including phenoxy) is 1. The van der Waals surface area contributed by atoms with Crippen LogP contribution in [0, 0.1) is 6.92 Å². The summed E-state index contributed by atoms with van der Waals surface area (Å²) in [5.41, 5.74) is 3.46. The van der Waals surface area contributed by atoms with E-state index in [1.165, 1.54) is 13.0 Å². The van der Waals surface area contributed by atoms with Crippen molar-refractivity contribution in [3.8, 4) is 0 Å². The number of hydrogen-bond donors (Lipinski definition) is 1. The average Bonchev–Trinajstić information content (AvgIpc) is 2.76. The maximum absolute atomic E-state index is 13.0.